The summed E-state index contributed by atoms with van der Waals surface area (Å²) in [4.78, 5) is 0. The van der Waals surface area contributed by atoms with Gasteiger partial charge < -0.3 is 9.84 Å². The summed E-state index contributed by atoms with van der Waals surface area (Å²) in [6.45, 7) is 3.72. The van der Waals surface area contributed by atoms with E-state index in [4.69, 9.17) is 4.52 Å². The predicted octanol–water partition coefficient (Wildman–Crippen LogP) is 1.25. The van der Waals surface area contributed by atoms with Gasteiger partial charge in [-0.3, -0.25) is 0 Å². The van der Waals surface area contributed by atoms with Crippen LogP contribution in [0.1, 0.15) is 19.0 Å². The molecule has 2 aromatic rings. The molecule has 1 fully saturated rings. The van der Waals surface area contributed by atoms with Crippen molar-refractivity contribution in [1.82, 2.24) is 15.2 Å². The molecule has 2 heterocycles. The molecule has 0 spiro atoms. The highest BCUT2D eigenvalue weighted by molar-refractivity contribution is 7.88. The van der Waals surface area contributed by atoms with E-state index in [1.807, 2.05) is 25.1 Å². The lowest BCUT2D eigenvalue weighted by atomic mass is 9.97. The van der Waals surface area contributed by atoms with Crippen LogP contribution in [0.4, 0.5) is 0 Å². The summed E-state index contributed by atoms with van der Waals surface area (Å²) < 4.78 is 32.6. The van der Waals surface area contributed by atoms with Gasteiger partial charge in [0.15, 0.2) is 5.58 Å². The van der Waals surface area contributed by atoms with Crippen molar-refractivity contribution >= 4 is 21.0 Å². The minimum absolute atomic E-state index is 0.0191. The van der Waals surface area contributed by atoms with E-state index in [0.717, 1.165) is 24.9 Å². The molecule has 1 aliphatic heterocycles. The van der Waals surface area contributed by atoms with Crippen molar-refractivity contribution in [3.63, 3.8) is 0 Å². The second-order valence-electron chi connectivity index (χ2n) is 5.58. The van der Waals surface area contributed by atoms with Gasteiger partial charge in [-0.05, 0) is 37.6 Å². The van der Waals surface area contributed by atoms with Gasteiger partial charge in [0.2, 0.25) is 10.0 Å². The third-order valence-electron chi connectivity index (χ3n) is 3.90. The summed E-state index contributed by atoms with van der Waals surface area (Å²) in [6.07, 6.45) is 0.806. The van der Waals surface area contributed by atoms with Gasteiger partial charge in [-0.1, -0.05) is 24.2 Å². The van der Waals surface area contributed by atoms with Crippen LogP contribution in [0.3, 0.4) is 0 Å². The van der Waals surface area contributed by atoms with Crippen LogP contribution in [0.2, 0.25) is 0 Å². The smallest absolute Gasteiger partial charge is 0.217 e. The maximum atomic E-state index is 12.3. The van der Waals surface area contributed by atoms with E-state index in [0.29, 0.717) is 11.3 Å². The van der Waals surface area contributed by atoms with Gasteiger partial charge in [-0.2, -0.15) is 0 Å². The van der Waals surface area contributed by atoms with Crippen LogP contribution in [0, 0.1) is 5.92 Å². The standard InChI is InChI=1S/C14H19N3O3S/c1-10-8-15-7-6-12(10)17-21(18,19)9-13-11-4-2-3-5-14(11)20-16-13/h2-5,10,12,15,17H,6-9H2,1H3. The molecule has 2 unspecified atom stereocenters. The number of hydrogen-bond donors (Lipinski definition) is 2. The second kappa shape index (κ2) is 5.75. The normalized spacial score (nSPS) is 23.5. The number of piperidine rings is 1. The van der Waals surface area contributed by atoms with Crippen LogP contribution in [-0.4, -0.2) is 32.7 Å². The molecule has 1 saturated heterocycles. The largest absolute Gasteiger partial charge is 0.356 e. The number of benzene rings is 1. The van der Waals surface area contributed by atoms with Crippen molar-refractivity contribution in [1.29, 1.82) is 0 Å². The highest BCUT2D eigenvalue weighted by Gasteiger charge is 2.26. The Kier molecular flexibility index (Phi) is 3.97. The molecule has 1 aliphatic rings. The molecule has 0 saturated carbocycles. The molecule has 2 N–H and O–H groups in total. The molecular weight excluding hydrogens is 290 g/mol. The SMILES string of the molecule is CC1CNCCC1NS(=O)(=O)Cc1noc2ccccc12. The van der Waals surface area contributed by atoms with Gasteiger partial charge in [-0.15, -0.1) is 0 Å². The fourth-order valence-corrected chi connectivity index (χ4v) is 4.15. The Bertz CT molecular complexity index is 726. The Hall–Kier alpha value is -1.44. The number of rotatable bonds is 4. The summed E-state index contributed by atoms with van der Waals surface area (Å²) in [6, 6.07) is 7.26. The molecule has 7 heteroatoms. The van der Waals surface area contributed by atoms with E-state index in [1.54, 1.807) is 6.07 Å². The van der Waals surface area contributed by atoms with E-state index >= 15 is 0 Å². The van der Waals surface area contributed by atoms with Crippen LogP contribution in [0.15, 0.2) is 28.8 Å². The van der Waals surface area contributed by atoms with Crippen LogP contribution in [0.5, 0.6) is 0 Å². The lowest BCUT2D eigenvalue weighted by Crippen LogP contribution is -2.48. The van der Waals surface area contributed by atoms with Crippen LogP contribution >= 0.6 is 0 Å². The number of nitrogens with one attached hydrogen (secondary N) is 2. The zero-order valence-electron chi connectivity index (χ0n) is 11.9. The fraction of sp³-hybridized carbons (Fsp3) is 0.500. The Balaban J connectivity index is 1.76. The summed E-state index contributed by atoms with van der Waals surface area (Å²) in [5, 5.41) is 7.90. The molecule has 1 aromatic carbocycles. The zero-order chi connectivity index (χ0) is 14.9. The first-order valence-electron chi connectivity index (χ1n) is 7.09. The molecule has 0 bridgehead atoms. The van der Waals surface area contributed by atoms with E-state index in [2.05, 4.69) is 15.2 Å². The summed E-state index contributed by atoms with van der Waals surface area (Å²) >= 11 is 0. The minimum Gasteiger partial charge on any atom is -0.356 e. The highest BCUT2D eigenvalue weighted by atomic mass is 32.2. The Morgan fingerprint density at radius 3 is 3.05 bits per heavy atom. The maximum absolute atomic E-state index is 12.3. The minimum atomic E-state index is -3.43. The van der Waals surface area contributed by atoms with Crippen molar-refractivity contribution in [2.24, 2.45) is 5.92 Å². The molecule has 0 amide bonds. The molecule has 114 valence electrons. The quantitative estimate of drug-likeness (QED) is 0.888. The highest BCUT2D eigenvalue weighted by Crippen LogP contribution is 2.20. The summed E-state index contributed by atoms with van der Waals surface area (Å²) in [5.74, 6) is 0.128. The molecule has 3 rings (SSSR count). The predicted molar refractivity (Wildman–Crippen MR) is 80.2 cm³/mol. The first kappa shape index (κ1) is 14.5. The second-order valence-corrected chi connectivity index (χ2v) is 7.33. The third-order valence-corrected chi connectivity index (χ3v) is 5.21. The van der Waals surface area contributed by atoms with Crippen LogP contribution in [0.25, 0.3) is 11.0 Å². The first-order valence-corrected chi connectivity index (χ1v) is 8.74. The zero-order valence-corrected chi connectivity index (χ0v) is 12.7. The topological polar surface area (TPSA) is 84.2 Å². The van der Waals surface area contributed by atoms with Crippen molar-refractivity contribution < 1.29 is 12.9 Å². The van der Waals surface area contributed by atoms with Crippen LogP contribution in [-0.2, 0) is 15.8 Å². The average molecular weight is 309 g/mol. The Morgan fingerprint density at radius 2 is 2.24 bits per heavy atom. The van der Waals surface area contributed by atoms with Crippen molar-refractivity contribution in [3.05, 3.63) is 30.0 Å². The summed E-state index contributed by atoms with van der Waals surface area (Å²) in [7, 11) is -3.43. The van der Waals surface area contributed by atoms with Gasteiger partial charge in [0, 0.05) is 11.4 Å². The van der Waals surface area contributed by atoms with E-state index in [1.165, 1.54) is 0 Å². The van der Waals surface area contributed by atoms with Crippen LogP contribution < -0.4 is 10.0 Å². The number of hydrogen-bond acceptors (Lipinski definition) is 5. The Labute approximate surface area is 123 Å². The Morgan fingerprint density at radius 1 is 1.43 bits per heavy atom. The van der Waals surface area contributed by atoms with Gasteiger partial charge in [0.1, 0.15) is 11.4 Å². The monoisotopic (exact) mass is 309 g/mol. The van der Waals surface area contributed by atoms with E-state index in [9.17, 15) is 8.42 Å². The number of sulfonamides is 1. The number of fused-ring (bicyclic) bond motifs is 1. The third kappa shape index (κ3) is 3.25. The molecular formula is C14H19N3O3S. The van der Waals surface area contributed by atoms with Crippen molar-refractivity contribution in [2.75, 3.05) is 13.1 Å². The molecule has 2 atom stereocenters. The summed E-state index contributed by atoms with van der Waals surface area (Å²) in [5.41, 5.74) is 1.07. The molecule has 21 heavy (non-hydrogen) atoms. The van der Waals surface area contributed by atoms with E-state index < -0.39 is 10.0 Å². The molecule has 6 nitrogen and oxygen atoms in total. The van der Waals surface area contributed by atoms with E-state index in [-0.39, 0.29) is 17.7 Å². The van der Waals surface area contributed by atoms with Gasteiger partial charge in [0.05, 0.1) is 0 Å². The molecule has 0 aliphatic carbocycles. The average Bonchev–Trinajstić information content (AvgIpc) is 2.84. The fourth-order valence-electron chi connectivity index (χ4n) is 2.68. The van der Waals surface area contributed by atoms with Crippen molar-refractivity contribution in [3.8, 4) is 0 Å². The van der Waals surface area contributed by atoms with Gasteiger partial charge in [-0.25, -0.2) is 13.1 Å². The lowest BCUT2D eigenvalue weighted by molar-refractivity contribution is 0.328. The van der Waals surface area contributed by atoms with Gasteiger partial charge >= 0.3 is 0 Å². The van der Waals surface area contributed by atoms with Crippen molar-refractivity contribution in [2.45, 2.75) is 25.1 Å². The number of para-hydroxylation sites is 1. The maximum Gasteiger partial charge on any atom is 0.217 e. The van der Waals surface area contributed by atoms with Gasteiger partial charge in [0.25, 0.3) is 0 Å². The number of aromatic nitrogens is 1. The molecule has 1 aromatic heterocycles. The molecule has 0 radical (unpaired) electrons. The lowest BCUT2D eigenvalue weighted by Gasteiger charge is -2.29. The number of nitrogens with zero attached hydrogens (tertiary/aromatic N) is 1. The first-order chi connectivity index (χ1) is 10.1.